The highest BCUT2D eigenvalue weighted by atomic mass is 16.3. The summed E-state index contributed by atoms with van der Waals surface area (Å²) >= 11 is 0. The molecule has 0 aromatic carbocycles. The summed E-state index contributed by atoms with van der Waals surface area (Å²) in [5.74, 6) is 0.571. The van der Waals surface area contributed by atoms with Gasteiger partial charge in [-0.2, -0.15) is 0 Å². The van der Waals surface area contributed by atoms with Crippen LogP contribution in [0.2, 0.25) is 0 Å². The second-order valence-electron chi connectivity index (χ2n) is 6.60. The van der Waals surface area contributed by atoms with Crippen molar-refractivity contribution in [1.29, 1.82) is 0 Å². The highest BCUT2D eigenvalue weighted by Crippen LogP contribution is 2.30. The lowest BCUT2D eigenvalue weighted by molar-refractivity contribution is 0.194. The van der Waals surface area contributed by atoms with E-state index in [2.05, 4.69) is 15.2 Å². The van der Waals surface area contributed by atoms with Crippen LogP contribution in [-0.2, 0) is 0 Å². The maximum absolute atomic E-state index is 13.0. The molecule has 2 fully saturated rings. The number of aliphatic hydroxyl groups excluding tert-OH is 1. The molecular weight excluding hydrogens is 292 g/mol. The Morgan fingerprint density at radius 2 is 2.26 bits per heavy atom. The van der Waals surface area contributed by atoms with Crippen LogP contribution in [0.5, 0.6) is 0 Å². The molecule has 3 unspecified atom stereocenters. The predicted molar refractivity (Wildman–Crippen MR) is 88.8 cm³/mol. The average molecular weight is 314 g/mol. The van der Waals surface area contributed by atoms with Gasteiger partial charge in [-0.3, -0.25) is 9.20 Å². The molecule has 0 radical (unpaired) electrons. The number of hydrogen-bond donors (Lipinski definition) is 2. The molecule has 23 heavy (non-hydrogen) atoms. The molecule has 0 saturated carbocycles. The SMILES string of the molecule is CC(O)c1nc2ccccn2c(=O)c1N1CCC2NCCC2C1. The molecule has 0 bridgehead atoms. The lowest BCUT2D eigenvalue weighted by Crippen LogP contribution is -2.47. The quantitative estimate of drug-likeness (QED) is 0.863. The van der Waals surface area contributed by atoms with Crippen LogP contribution in [0.15, 0.2) is 29.2 Å². The Labute approximate surface area is 134 Å². The van der Waals surface area contributed by atoms with Gasteiger partial charge in [-0.1, -0.05) is 6.07 Å². The van der Waals surface area contributed by atoms with Gasteiger partial charge in [0, 0.05) is 25.3 Å². The van der Waals surface area contributed by atoms with E-state index in [0.29, 0.717) is 29.0 Å². The molecule has 2 aromatic rings. The molecule has 6 heteroatoms. The van der Waals surface area contributed by atoms with Gasteiger partial charge in [0.15, 0.2) is 0 Å². The smallest absolute Gasteiger partial charge is 0.281 e. The van der Waals surface area contributed by atoms with Gasteiger partial charge in [-0.25, -0.2) is 4.98 Å². The van der Waals surface area contributed by atoms with Crippen molar-refractivity contribution in [3.63, 3.8) is 0 Å². The van der Waals surface area contributed by atoms with Gasteiger partial charge in [-0.15, -0.1) is 0 Å². The van der Waals surface area contributed by atoms with Gasteiger partial charge in [0.25, 0.3) is 5.56 Å². The summed E-state index contributed by atoms with van der Waals surface area (Å²) in [6.07, 6.45) is 3.15. The minimum Gasteiger partial charge on any atom is -0.387 e. The van der Waals surface area contributed by atoms with E-state index in [1.807, 2.05) is 12.1 Å². The summed E-state index contributed by atoms with van der Waals surface area (Å²) in [5, 5.41) is 13.7. The molecule has 2 aliphatic heterocycles. The first-order chi connectivity index (χ1) is 11.1. The summed E-state index contributed by atoms with van der Waals surface area (Å²) in [6.45, 7) is 4.41. The van der Waals surface area contributed by atoms with E-state index >= 15 is 0 Å². The zero-order chi connectivity index (χ0) is 16.0. The summed E-state index contributed by atoms with van der Waals surface area (Å²) in [7, 11) is 0. The van der Waals surface area contributed by atoms with Crippen LogP contribution in [0.3, 0.4) is 0 Å². The molecular formula is C17H22N4O2. The van der Waals surface area contributed by atoms with Crippen molar-refractivity contribution in [2.24, 2.45) is 5.92 Å². The normalized spacial score (nSPS) is 25.6. The monoisotopic (exact) mass is 314 g/mol. The standard InChI is InChI=1S/C17H22N4O2/c1-11(22)15-16(17(23)21-8-3-2-4-14(21)19-15)20-9-6-13-12(10-20)5-7-18-13/h2-4,8,11-13,18,22H,5-7,9-10H2,1H3. The number of pyridine rings is 1. The van der Waals surface area contributed by atoms with Crippen molar-refractivity contribution in [2.75, 3.05) is 24.5 Å². The number of rotatable bonds is 2. The fourth-order valence-electron chi connectivity index (χ4n) is 3.94. The minimum atomic E-state index is -0.762. The summed E-state index contributed by atoms with van der Waals surface area (Å²) in [4.78, 5) is 19.7. The van der Waals surface area contributed by atoms with E-state index in [0.717, 1.165) is 32.5 Å². The molecule has 6 nitrogen and oxygen atoms in total. The van der Waals surface area contributed by atoms with Crippen LogP contribution < -0.4 is 15.8 Å². The molecule has 4 heterocycles. The largest absolute Gasteiger partial charge is 0.387 e. The fourth-order valence-corrected chi connectivity index (χ4v) is 3.94. The van der Waals surface area contributed by atoms with E-state index in [1.165, 1.54) is 0 Å². The first kappa shape index (κ1) is 14.7. The first-order valence-corrected chi connectivity index (χ1v) is 8.33. The molecule has 2 aromatic heterocycles. The molecule has 3 atom stereocenters. The van der Waals surface area contributed by atoms with Gasteiger partial charge in [0.2, 0.25) is 0 Å². The average Bonchev–Trinajstić information content (AvgIpc) is 3.02. The second kappa shape index (κ2) is 5.62. The van der Waals surface area contributed by atoms with Gasteiger partial charge in [-0.05, 0) is 44.4 Å². The molecule has 2 N–H and O–H groups in total. The minimum absolute atomic E-state index is 0.0871. The van der Waals surface area contributed by atoms with E-state index in [4.69, 9.17) is 0 Å². The molecule has 122 valence electrons. The molecule has 2 saturated heterocycles. The van der Waals surface area contributed by atoms with Crippen molar-refractivity contribution < 1.29 is 5.11 Å². The van der Waals surface area contributed by atoms with Gasteiger partial charge >= 0.3 is 0 Å². The van der Waals surface area contributed by atoms with Crippen LogP contribution >= 0.6 is 0 Å². The number of aromatic nitrogens is 2. The van der Waals surface area contributed by atoms with Gasteiger partial charge in [0.05, 0.1) is 6.10 Å². The van der Waals surface area contributed by atoms with Crippen LogP contribution in [0.1, 0.15) is 31.6 Å². The molecule has 0 aliphatic carbocycles. The zero-order valence-electron chi connectivity index (χ0n) is 13.3. The molecule has 0 amide bonds. The van der Waals surface area contributed by atoms with Crippen molar-refractivity contribution in [2.45, 2.75) is 31.9 Å². The number of nitrogens with zero attached hydrogens (tertiary/aromatic N) is 3. The Hall–Kier alpha value is -1.92. The summed E-state index contributed by atoms with van der Waals surface area (Å²) in [6, 6.07) is 6.04. The Morgan fingerprint density at radius 1 is 1.39 bits per heavy atom. The first-order valence-electron chi connectivity index (χ1n) is 8.33. The topological polar surface area (TPSA) is 69.9 Å². The van der Waals surface area contributed by atoms with E-state index in [-0.39, 0.29) is 5.56 Å². The van der Waals surface area contributed by atoms with Crippen LogP contribution in [0, 0.1) is 5.92 Å². The number of anilines is 1. The third-order valence-corrected chi connectivity index (χ3v) is 5.10. The molecule has 2 aliphatic rings. The van der Waals surface area contributed by atoms with E-state index < -0.39 is 6.10 Å². The number of nitrogens with one attached hydrogen (secondary N) is 1. The van der Waals surface area contributed by atoms with Crippen molar-refractivity contribution in [3.05, 3.63) is 40.4 Å². The maximum atomic E-state index is 13.0. The highest BCUT2D eigenvalue weighted by Gasteiger charge is 2.35. The van der Waals surface area contributed by atoms with Gasteiger partial charge < -0.3 is 15.3 Å². The second-order valence-corrected chi connectivity index (χ2v) is 6.60. The fraction of sp³-hybridized carbons (Fsp3) is 0.529. The number of piperidine rings is 1. The van der Waals surface area contributed by atoms with Crippen molar-refractivity contribution in [3.8, 4) is 0 Å². The van der Waals surface area contributed by atoms with Gasteiger partial charge in [0.1, 0.15) is 17.0 Å². The Kier molecular flexibility index (Phi) is 3.58. The van der Waals surface area contributed by atoms with E-state index in [1.54, 1.807) is 23.6 Å². The third kappa shape index (κ3) is 2.42. The number of fused-ring (bicyclic) bond motifs is 2. The number of aliphatic hydroxyl groups is 1. The maximum Gasteiger partial charge on any atom is 0.281 e. The van der Waals surface area contributed by atoms with Crippen LogP contribution in [-0.4, -0.2) is 40.2 Å². The van der Waals surface area contributed by atoms with Crippen LogP contribution in [0.25, 0.3) is 5.65 Å². The third-order valence-electron chi connectivity index (χ3n) is 5.10. The lowest BCUT2D eigenvalue weighted by atomic mass is 9.93. The summed E-state index contributed by atoms with van der Waals surface area (Å²) in [5.41, 5.74) is 1.55. The Morgan fingerprint density at radius 3 is 3.09 bits per heavy atom. The lowest BCUT2D eigenvalue weighted by Gasteiger charge is -2.36. The Balaban J connectivity index is 1.83. The summed E-state index contributed by atoms with van der Waals surface area (Å²) < 4.78 is 1.57. The number of hydrogen-bond acceptors (Lipinski definition) is 5. The Bertz CT molecular complexity index is 786. The zero-order valence-corrected chi connectivity index (χ0v) is 13.3. The van der Waals surface area contributed by atoms with Crippen LogP contribution in [0.4, 0.5) is 5.69 Å². The van der Waals surface area contributed by atoms with Crippen molar-refractivity contribution in [1.82, 2.24) is 14.7 Å². The predicted octanol–water partition coefficient (Wildman–Crippen LogP) is 0.936. The van der Waals surface area contributed by atoms with Crippen molar-refractivity contribution >= 4 is 11.3 Å². The highest BCUT2D eigenvalue weighted by molar-refractivity contribution is 5.55. The molecule has 4 rings (SSSR count). The van der Waals surface area contributed by atoms with E-state index in [9.17, 15) is 9.90 Å². The molecule has 0 spiro atoms.